The Kier molecular flexibility index (Phi) is 9.59. The third kappa shape index (κ3) is 7.72. The molecule has 1 amide bonds. The van der Waals surface area contributed by atoms with Gasteiger partial charge in [0.2, 0.25) is 5.91 Å². The number of amides is 1. The zero-order valence-corrected chi connectivity index (χ0v) is 26.9. The summed E-state index contributed by atoms with van der Waals surface area (Å²) in [6, 6.07) is 24.8. The van der Waals surface area contributed by atoms with Crippen LogP contribution in [0.1, 0.15) is 78.6 Å². The molecule has 0 fully saturated rings. The highest BCUT2D eigenvalue weighted by Crippen LogP contribution is 2.40. The monoisotopic (exact) mass is 623 g/mol. The number of aromatic carboxylic acids is 1. The minimum atomic E-state index is -1.01. The van der Waals surface area contributed by atoms with Crippen LogP contribution in [0.15, 0.2) is 91.0 Å². The van der Waals surface area contributed by atoms with Crippen molar-refractivity contribution in [2.75, 3.05) is 5.32 Å². The average Bonchev–Trinajstić information content (AvgIpc) is 3.01. The van der Waals surface area contributed by atoms with E-state index in [-0.39, 0.29) is 22.6 Å². The molecule has 0 bridgehead atoms. The molecule has 4 aromatic rings. The highest BCUT2D eigenvalue weighted by atomic mass is 35.5. The van der Waals surface area contributed by atoms with Gasteiger partial charge < -0.3 is 10.4 Å². The quantitative estimate of drug-likeness (QED) is 0.205. The Morgan fingerprint density at radius 3 is 2.22 bits per heavy atom. The van der Waals surface area contributed by atoms with Gasteiger partial charge in [-0.05, 0) is 119 Å². The third-order valence-electron chi connectivity index (χ3n) is 9.00. The molecule has 1 aliphatic carbocycles. The second-order valence-electron chi connectivity index (χ2n) is 13.1. The molecule has 0 heterocycles. The van der Waals surface area contributed by atoms with Crippen LogP contribution in [0.3, 0.4) is 0 Å². The Morgan fingerprint density at radius 2 is 1.64 bits per heavy atom. The number of nitrogens with one attached hydrogen (secondary N) is 1. The van der Waals surface area contributed by atoms with Crippen LogP contribution in [0.2, 0.25) is 5.02 Å². The van der Waals surface area contributed by atoms with E-state index in [1.807, 2.05) is 31.2 Å². The van der Waals surface area contributed by atoms with Crippen LogP contribution < -0.4 is 5.32 Å². The van der Waals surface area contributed by atoms with Gasteiger partial charge in [-0.1, -0.05) is 87.0 Å². The SMILES string of the molecule is Cc1cc(Cl)ccc1-c1ccc(NC(=O)[C@H](Cc2ccc(C(=O)O)cc2)c2ccc(C3=CCC(C(C)(C)C)CC3)cc2)c(F)c1. The fourth-order valence-electron chi connectivity index (χ4n) is 6.15. The Morgan fingerprint density at radius 1 is 0.956 bits per heavy atom. The average molecular weight is 624 g/mol. The van der Waals surface area contributed by atoms with E-state index in [2.05, 4.69) is 44.3 Å². The fourth-order valence-corrected chi connectivity index (χ4v) is 6.37. The van der Waals surface area contributed by atoms with Crippen LogP contribution in [-0.2, 0) is 11.2 Å². The third-order valence-corrected chi connectivity index (χ3v) is 9.24. The van der Waals surface area contributed by atoms with E-state index in [0.717, 1.165) is 47.1 Å². The maximum absolute atomic E-state index is 15.4. The van der Waals surface area contributed by atoms with Crippen LogP contribution in [0, 0.1) is 24.1 Å². The lowest BCUT2D eigenvalue weighted by molar-refractivity contribution is -0.117. The first-order valence-corrected chi connectivity index (χ1v) is 15.8. The molecule has 2 atom stereocenters. The van der Waals surface area contributed by atoms with Crippen LogP contribution in [-0.4, -0.2) is 17.0 Å². The van der Waals surface area contributed by atoms with Gasteiger partial charge in [0.25, 0.3) is 0 Å². The van der Waals surface area contributed by atoms with E-state index < -0.39 is 17.7 Å². The summed E-state index contributed by atoms with van der Waals surface area (Å²) in [5, 5.41) is 12.7. The molecular weight excluding hydrogens is 585 g/mol. The van der Waals surface area contributed by atoms with E-state index in [9.17, 15) is 14.7 Å². The van der Waals surface area contributed by atoms with E-state index in [0.29, 0.717) is 22.9 Å². The van der Waals surface area contributed by atoms with E-state index in [4.69, 9.17) is 11.6 Å². The van der Waals surface area contributed by atoms with Gasteiger partial charge in [-0.3, -0.25) is 4.79 Å². The van der Waals surface area contributed by atoms with Crippen molar-refractivity contribution in [2.45, 2.75) is 59.3 Å². The number of halogens is 2. The summed E-state index contributed by atoms with van der Waals surface area (Å²) in [6.45, 7) is 8.81. The molecule has 0 saturated heterocycles. The van der Waals surface area contributed by atoms with Crippen molar-refractivity contribution < 1.29 is 19.1 Å². The van der Waals surface area contributed by atoms with Crippen LogP contribution in [0.25, 0.3) is 16.7 Å². The van der Waals surface area contributed by atoms with Gasteiger partial charge in [0.1, 0.15) is 5.82 Å². The first kappa shape index (κ1) is 32.2. The Labute approximate surface area is 270 Å². The van der Waals surface area contributed by atoms with Gasteiger partial charge in [0, 0.05) is 5.02 Å². The summed E-state index contributed by atoms with van der Waals surface area (Å²) >= 11 is 6.10. The van der Waals surface area contributed by atoms with E-state index in [1.165, 1.54) is 23.8 Å². The van der Waals surface area contributed by atoms with Crippen LogP contribution in [0.4, 0.5) is 10.1 Å². The topological polar surface area (TPSA) is 66.4 Å². The lowest BCUT2D eigenvalue weighted by atomic mass is 9.72. The van der Waals surface area contributed by atoms with Gasteiger partial charge in [0.05, 0.1) is 17.2 Å². The number of carbonyl (C=O) groups is 2. The standard InChI is InChI=1S/C39H39ClFNO3/c1-24-21-32(40)18-19-33(24)30-15-20-36(35(41)23-30)42-37(43)34(22-25-5-7-29(8-6-25)38(44)45)28-11-9-26(10-12-28)27-13-16-31(17-14-27)39(2,3)4/h5-13,15,18-21,23,31,34H,14,16-17,22H2,1-4H3,(H,42,43)(H,44,45)/t31?,34-/m1/s1. The highest BCUT2D eigenvalue weighted by Gasteiger charge is 2.27. The Bertz CT molecular complexity index is 1740. The number of anilines is 1. The maximum atomic E-state index is 15.4. The second kappa shape index (κ2) is 13.4. The molecule has 45 heavy (non-hydrogen) atoms. The molecule has 1 unspecified atom stereocenters. The molecule has 0 aromatic heterocycles. The summed E-state index contributed by atoms with van der Waals surface area (Å²) in [4.78, 5) is 25.2. The van der Waals surface area contributed by atoms with Gasteiger partial charge in [-0.2, -0.15) is 0 Å². The molecule has 5 rings (SSSR count). The first-order valence-electron chi connectivity index (χ1n) is 15.4. The molecular formula is C39H39ClFNO3. The maximum Gasteiger partial charge on any atom is 0.335 e. The minimum Gasteiger partial charge on any atom is -0.478 e. The van der Waals surface area contributed by atoms with Crippen LogP contribution >= 0.6 is 11.6 Å². The first-order chi connectivity index (χ1) is 21.4. The number of benzene rings is 4. The molecule has 4 aromatic carbocycles. The van der Waals surface area contributed by atoms with E-state index in [1.54, 1.807) is 30.3 Å². The Balaban J connectivity index is 1.40. The van der Waals surface area contributed by atoms with Crippen LogP contribution in [0.5, 0.6) is 0 Å². The molecule has 0 radical (unpaired) electrons. The van der Waals surface area contributed by atoms with Gasteiger partial charge in [0.15, 0.2) is 0 Å². The van der Waals surface area contributed by atoms with Crippen molar-refractivity contribution in [3.8, 4) is 11.1 Å². The number of aryl methyl sites for hydroxylation is 1. The molecule has 0 saturated carbocycles. The second-order valence-corrected chi connectivity index (χ2v) is 13.5. The predicted molar refractivity (Wildman–Crippen MR) is 181 cm³/mol. The normalized spacial score (nSPS) is 15.7. The minimum absolute atomic E-state index is 0.0963. The number of hydrogen-bond donors (Lipinski definition) is 2. The summed E-state index contributed by atoms with van der Waals surface area (Å²) in [6.07, 6.45) is 5.90. The van der Waals surface area contributed by atoms with Crippen molar-refractivity contribution in [3.63, 3.8) is 0 Å². The number of carbonyl (C=O) groups excluding carboxylic acids is 1. The molecule has 2 N–H and O–H groups in total. The highest BCUT2D eigenvalue weighted by molar-refractivity contribution is 6.30. The smallest absolute Gasteiger partial charge is 0.335 e. The summed E-state index contributed by atoms with van der Waals surface area (Å²) < 4.78 is 15.4. The van der Waals surface area contributed by atoms with E-state index >= 15 is 4.39 Å². The number of hydrogen-bond acceptors (Lipinski definition) is 2. The summed E-state index contributed by atoms with van der Waals surface area (Å²) in [5.74, 6) is -1.86. The largest absolute Gasteiger partial charge is 0.478 e. The van der Waals surface area contributed by atoms with Gasteiger partial charge >= 0.3 is 5.97 Å². The summed E-state index contributed by atoms with van der Waals surface area (Å²) in [7, 11) is 0. The van der Waals surface area contributed by atoms with Crippen molar-refractivity contribution in [2.24, 2.45) is 11.3 Å². The number of carboxylic acids is 1. The molecule has 6 heteroatoms. The lowest BCUT2D eigenvalue weighted by Gasteiger charge is -2.33. The molecule has 0 spiro atoms. The number of allylic oxidation sites excluding steroid dienone is 2. The predicted octanol–water partition coefficient (Wildman–Crippen LogP) is 10.3. The van der Waals surface area contributed by atoms with Crippen molar-refractivity contribution >= 4 is 34.7 Å². The summed E-state index contributed by atoms with van der Waals surface area (Å²) in [5.41, 5.74) is 7.12. The molecule has 232 valence electrons. The molecule has 0 aliphatic heterocycles. The van der Waals surface area contributed by atoms with Crippen molar-refractivity contribution in [3.05, 3.63) is 130 Å². The van der Waals surface area contributed by atoms with Gasteiger partial charge in [-0.15, -0.1) is 0 Å². The number of carboxylic acid groups (broad SMARTS) is 1. The van der Waals surface area contributed by atoms with Crippen molar-refractivity contribution in [1.29, 1.82) is 0 Å². The van der Waals surface area contributed by atoms with Crippen molar-refractivity contribution in [1.82, 2.24) is 0 Å². The molecule has 4 nitrogen and oxygen atoms in total. The van der Waals surface area contributed by atoms with Gasteiger partial charge in [-0.25, -0.2) is 9.18 Å². The fraction of sp³-hybridized carbons (Fsp3) is 0.282. The Hall–Kier alpha value is -4.22. The zero-order chi connectivity index (χ0) is 32.3. The lowest BCUT2D eigenvalue weighted by Crippen LogP contribution is -2.24. The zero-order valence-electron chi connectivity index (χ0n) is 26.2. The molecule has 1 aliphatic rings. The number of rotatable bonds is 8.